The number of rotatable bonds is 5. The molecular weight excluding hydrogens is 324 g/mol. The number of amides is 1. The lowest BCUT2D eigenvalue weighted by molar-refractivity contribution is 0.0761. The van der Waals surface area contributed by atoms with Crippen LogP contribution in [0.4, 0.5) is 0 Å². The minimum absolute atomic E-state index is 0.0828. The highest BCUT2D eigenvalue weighted by Crippen LogP contribution is 2.29. The summed E-state index contributed by atoms with van der Waals surface area (Å²) in [5.74, 6) is 1.54. The molecule has 7 nitrogen and oxygen atoms in total. The van der Waals surface area contributed by atoms with E-state index < -0.39 is 6.10 Å². The van der Waals surface area contributed by atoms with Crippen molar-refractivity contribution >= 4 is 5.91 Å². The fraction of sp³-hybridized carbons (Fsp3) is 0.444. The molecule has 3 rings (SSSR count). The molecule has 25 heavy (non-hydrogen) atoms. The molecule has 1 amide bonds. The Morgan fingerprint density at radius 3 is 2.76 bits per heavy atom. The maximum Gasteiger partial charge on any atom is 0.257 e. The van der Waals surface area contributed by atoms with Gasteiger partial charge in [-0.1, -0.05) is 5.16 Å². The van der Waals surface area contributed by atoms with Crippen molar-refractivity contribution in [3.05, 3.63) is 41.3 Å². The molecule has 2 atom stereocenters. The number of carbonyl (C=O) groups excluding carboxylic acids is 1. The summed E-state index contributed by atoms with van der Waals surface area (Å²) >= 11 is 0. The molecule has 2 aromatic rings. The van der Waals surface area contributed by atoms with Gasteiger partial charge in [-0.25, -0.2) is 0 Å². The number of carbonyl (C=O) groups is 1. The van der Waals surface area contributed by atoms with E-state index in [1.54, 1.807) is 30.2 Å². The average molecular weight is 346 g/mol. The van der Waals surface area contributed by atoms with E-state index in [0.29, 0.717) is 30.0 Å². The Kier molecular flexibility index (Phi) is 4.94. The van der Waals surface area contributed by atoms with Gasteiger partial charge in [-0.05, 0) is 19.1 Å². The summed E-state index contributed by atoms with van der Waals surface area (Å²) < 4.78 is 15.7. The summed E-state index contributed by atoms with van der Waals surface area (Å²) in [5, 5.41) is 14.2. The molecule has 0 aliphatic carbocycles. The van der Waals surface area contributed by atoms with Crippen LogP contribution in [0, 0.1) is 12.8 Å². The maximum atomic E-state index is 12.8. The molecule has 0 saturated carbocycles. The topological polar surface area (TPSA) is 85.0 Å². The summed E-state index contributed by atoms with van der Waals surface area (Å²) in [5.41, 5.74) is 1.25. The highest BCUT2D eigenvalue weighted by Gasteiger charge is 2.35. The zero-order chi connectivity index (χ0) is 18.0. The third kappa shape index (κ3) is 3.61. The minimum atomic E-state index is -0.599. The van der Waals surface area contributed by atoms with Crippen LogP contribution in [-0.2, 0) is 6.42 Å². The van der Waals surface area contributed by atoms with Crippen LogP contribution in [0.5, 0.6) is 11.5 Å². The number of likely N-dealkylation sites (tertiary alicyclic amines) is 1. The average Bonchev–Trinajstić information content (AvgIpc) is 3.19. The molecule has 1 aromatic carbocycles. The van der Waals surface area contributed by atoms with Crippen molar-refractivity contribution < 1.29 is 23.9 Å². The maximum absolute atomic E-state index is 12.8. The normalized spacial score (nSPS) is 19.9. The molecule has 0 radical (unpaired) electrons. The number of hydrogen-bond donors (Lipinski definition) is 1. The molecule has 1 N–H and O–H groups in total. The van der Waals surface area contributed by atoms with Crippen molar-refractivity contribution in [1.29, 1.82) is 0 Å². The van der Waals surface area contributed by atoms with Crippen LogP contribution in [0.2, 0.25) is 0 Å². The van der Waals surface area contributed by atoms with Crippen molar-refractivity contribution in [3.8, 4) is 11.5 Å². The number of ether oxygens (including phenoxy) is 2. The SMILES string of the molecule is COc1ccc(C(=O)N2C[C@@H](Cc3cc(C)no3)[C@@H](O)C2)c(OC)c1. The number of nitrogens with zero attached hydrogens (tertiary/aromatic N) is 2. The quantitative estimate of drug-likeness (QED) is 0.887. The Bertz CT molecular complexity index is 758. The highest BCUT2D eigenvalue weighted by atomic mass is 16.5. The summed E-state index contributed by atoms with van der Waals surface area (Å²) in [6.45, 7) is 2.59. The van der Waals surface area contributed by atoms with Crippen LogP contribution >= 0.6 is 0 Å². The first-order valence-electron chi connectivity index (χ1n) is 8.13. The lowest BCUT2D eigenvalue weighted by atomic mass is 10.0. The number of hydrogen-bond acceptors (Lipinski definition) is 6. The van der Waals surface area contributed by atoms with Gasteiger partial charge >= 0.3 is 0 Å². The monoisotopic (exact) mass is 346 g/mol. The zero-order valence-electron chi connectivity index (χ0n) is 14.6. The fourth-order valence-corrected chi connectivity index (χ4v) is 3.14. The summed E-state index contributed by atoms with van der Waals surface area (Å²) in [6, 6.07) is 6.93. The molecular formula is C18H22N2O5. The lowest BCUT2D eigenvalue weighted by Gasteiger charge is -2.18. The van der Waals surface area contributed by atoms with Crippen molar-refractivity contribution in [3.63, 3.8) is 0 Å². The summed E-state index contributed by atoms with van der Waals surface area (Å²) in [4.78, 5) is 14.5. The molecule has 1 fully saturated rings. The van der Waals surface area contributed by atoms with Crippen LogP contribution in [0.3, 0.4) is 0 Å². The van der Waals surface area contributed by atoms with E-state index in [1.807, 2.05) is 13.0 Å². The molecule has 0 unspecified atom stereocenters. The van der Waals surface area contributed by atoms with Crippen molar-refractivity contribution in [2.24, 2.45) is 5.92 Å². The number of aromatic nitrogens is 1. The molecule has 1 saturated heterocycles. The van der Waals surface area contributed by atoms with Gasteiger partial charge in [-0.15, -0.1) is 0 Å². The number of methoxy groups -OCH3 is 2. The Labute approximate surface area is 146 Å². The van der Waals surface area contributed by atoms with E-state index in [0.717, 1.165) is 11.5 Å². The van der Waals surface area contributed by atoms with Crippen molar-refractivity contribution in [1.82, 2.24) is 10.1 Å². The predicted molar refractivity (Wildman–Crippen MR) is 89.9 cm³/mol. The van der Waals surface area contributed by atoms with Gasteiger partial charge in [0.25, 0.3) is 5.91 Å². The second kappa shape index (κ2) is 7.14. The third-order valence-corrected chi connectivity index (χ3v) is 4.47. The molecule has 7 heteroatoms. The van der Waals surface area contributed by atoms with E-state index in [4.69, 9.17) is 14.0 Å². The zero-order valence-corrected chi connectivity index (χ0v) is 14.6. The smallest absolute Gasteiger partial charge is 0.257 e. The van der Waals surface area contributed by atoms with Crippen molar-refractivity contribution in [2.75, 3.05) is 27.3 Å². The summed E-state index contributed by atoms with van der Waals surface area (Å²) in [7, 11) is 3.07. The largest absolute Gasteiger partial charge is 0.497 e. The Morgan fingerprint density at radius 1 is 1.32 bits per heavy atom. The van der Waals surface area contributed by atoms with Gasteiger partial charge in [-0.2, -0.15) is 0 Å². The fourth-order valence-electron chi connectivity index (χ4n) is 3.14. The van der Waals surface area contributed by atoms with Crippen LogP contribution in [0.1, 0.15) is 21.8 Å². The predicted octanol–water partition coefficient (Wildman–Crippen LogP) is 1.68. The molecule has 0 bridgehead atoms. The molecule has 2 heterocycles. The Hall–Kier alpha value is -2.54. The molecule has 1 aliphatic rings. The van der Waals surface area contributed by atoms with E-state index in [1.165, 1.54) is 7.11 Å². The van der Waals surface area contributed by atoms with Crippen LogP contribution in [0.25, 0.3) is 0 Å². The first-order chi connectivity index (χ1) is 12.0. The second-order valence-corrected chi connectivity index (χ2v) is 6.24. The van der Waals surface area contributed by atoms with Gasteiger partial charge in [0.2, 0.25) is 0 Å². The van der Waals surface area contributed by atoms with Gasteiger partial charge in [0.15, 0.2) is 0 Å². The number of benzene rings is 1. The molecule has 1 aromatic heterocycles. The second-order valence-electron chi connectivity index (χ2n) is 6.24. The van der Waals surface area contributed by atoms with E-state index in [2.05, 4.69) is 5.16 Å². The lowest BCUT2D eigenvalue weighted by Crippen LogP contribution is -2.30. The first-order valence-corrected chi connectivity index (χ1v) is 8.13. The number of β-amino-alcohol motifs (C(OH)–C–C–N with tert-alkyl or cyclic N) is 1. The van der Waals surface area contributed by atoms with E-state index in [9.17, 15) is 9.90 Å². The first kappa shape index (κ1) is 17.3. The van der Waals surface area contributed by atoms with Crippen LogP contribution < -0.4 is 9.47 Å². The van der Waals surface area contributed by atoms with Gasteiger partial charge in [0, 0.05) is 37.6 Å². The highest BCUT2D eigenvalue weighted by molar-refractivity contribution is 5.97. The van der Waals surface area contributed by atoms with Gasteiger partial charge < -0.3 is 24.0 Å². The Morgan fingerprint density at radius 2 is 2.12 bits per heavy atom. The summed E-state index contributed by atoms with van der Waals surface area (Å²) in [6.07, 6.45) is -0.0514. The van der Waals surface area contributed by atoms with E-state index in [-0.39, 0.29) is 18.4 Å². The standard InChI is InChI=1S/C18H22N2O5/c1-11-6-14(25-19-11)7-12-9-20(10-16(12)21)18(22)15-5-4-13(23-2)8-17(15)24-3/h4-6,8,12,16,21H,7,9-10H2,1-3H3/t12-,16+/m1/s1. The van der Waals surface area contributed by atoms with Crippen LogP contribution in [-0.4, -0.2) is 54.5 Å². The Balaban J connectivity index is 1.73. The third-order valence-electron chi connectivity index (χ3n) is 4.47. The number of aryl methyl sites for hydroxylation is 1. The van der Waals surface area contributed by atoms with E-state index >= 15 is 0 Å². The minimum Gasteiger partial charge on any atom is -0.497 e. The van der Waals surface area contributed by atoms with Crippen molar-refractivity contribution in [2.45, 2.75) is 19.4 Å². The molecule has 0 spiro atoms. The number of aliphatic hydroxyl groups excluding tert-OH is 1. The van der Waals surface area contributed by atoms with Crippen LogP contribution in [0.15, 0.2) is 28.8 Å². The van der Waals surface area contributed by atoms with Gasteiger partial charge in [0.1, 0.15) is 17.3 Å². The molecule has 1 aliphatic heterocycles. The van der Waals surface area contributed by atoms with Gasteiger partial charge in [-0.3, -0.25) is 4.79 Å². The number of aliphatic hydroxyl groups is 1. The van der Waals surface area contributed by atoms with Gasteiger partial charge in [0.05, 0.1) is 31.6 Å². The molecule has 134 valence electrons.